The fourth-order valence-electron chi connectivity index (χ4n) is 6.43. The van der Waals surface area contributed by atoms with Gasteiger partial charge in [-0.15, -0.1) is 0 Å². The highest BCUT2D eigenvalue weighted by molar-refractivity contribution is 6.25. The molecule has 0 saturated carbocycles. The number of benzene rings is 9. The molecule has 2 aromatic heterocycles. The molecular formula is C48H30N2. The Morgan fingerprint density at radius 2 is 0.740 bits per heavy atom. The van der Waals surface area contributed by atoms with Crippen molar-refractivity contribution in [2.24, 2.45) is 0 Å². The van der Waals surface area contributed by atoms with Crippen molar-refractivity contribution in [3.8, 4) is 22.5 Å². The molecule has 0 aliphatic carbocycles. The monoisotopic (exact) mass is 663 g/mol. The lowest BCUT2D eigenvalue weighted by Crippen LogP contribution is -1.94. The van der Waals surface area contributed by atoms with E-state index >= 15 is 0 Å². The molecule has 0 amide bonds. The number of hydrogen-bond donors (Lipinski definition) is 0. The van der Waals surface area contributed by atoms with Crippen LogP contribution in [0.5, 0.6) is 0 Å². The van der Waals surface area contributed by atoms with Crippen molar-refractivity contribution in [3.63, 3.8) is 0 Å². The molecule has 232 valence electrons. The van der Waals surface area contributed by atoms with E-state index in [1.54, 1.807) is 0 Å². The molecule has 0 aliphatic rings. The van der Waals surface area contributed by atoms with Crippen LogP contribution in [0.1, 0.15) is 39.8 Å². The van der Waals surface area contributed by atoms with Crippen LogP contribution >= 0.6 is 0 Å². The van der Waals surface area contributed by atoms with Crippen LogP contribution in [0.4, 0.5) is 0 Å². The third-order valence-electron chi connectivity index (χ3n) is 8.53. The highest BCUT2D eigenvalue weighted by atomic mass is 15.0. The molecule has 0 saturated heterocycles. The Morgan fingerprint density at radius 3 is 1.40 bits per heavy atom. The minimum atomic E-state index is -0.959. The van der Waals surface area contributed by atoms with E-state index in [0.29, 0.717) is 0 Å². The van der Waals surface area contributed by atoms with Crippen molar-refractivity contribution < 1.29 is 39.8 Å². The third kappa shape index (κ3) is 3.85. The number of aromatic nitrogens is 2. The van der Waals surface area contributed by atoms with Gasteiger partial charge in [0.2, 0.25) is 0 Å². The summed E-state index contributed by atoms with van der Waals surface area (Å²) in [4.78, 5) is 0. The predicted molar refractivity (Wildman–Crippen MR) is 213 cm³/mol. The number of nitrogens with zero attached hydrogens (tertiary/aromatic N) is 2. The summed E-state index contributed by atoms with van der Waals surface area (Å²) < 4.78 is 263. The molecule has 0 bridgehead atoms. The topological polar surface area (TPSA) is 9.86 Å². The van der Waals surface area contributed by atoms with Crippen LogP contribution in [0.2, 0.25) is 0 Å². The first-order valence-corrected chi connectivity index (χ1v) is 14.9. The minimum Gasteiger partial charge on any atom is -0.309 e. The maximum atomic E-state index is 9.95. The lowest BCUT2D eigenvalue weighted by atomic mass is 9.94. The lowest BCUT2D eigenvalue weighted by Gasteiger charge is -2.14. The van der Waals surface area contributed by atoms with Gasteiger partial charge in [-0.05, 0) is 104 Å². The van der Waals surface area contributed by atoms with Crippen LogP contribution in [-0.4, -0.2) is 9.13 Å². The van der Waals surface area contributed by atoms with E-state index in [2.05, 4.69) is 0 Å². The molecule has 0 spiro atoms. The molecule has 0 N–H and O–H groups in total. The Bertz CT molecular complexity index is 4750. The van der Waals surface area contributed by atoms with Crippen LogP contribution in [0, 0.1) is 0 Å². The summed E-state index contributed by atoms with van der Waals surface area (Å²) in [7, 11) is 0. The SMILES string of the molecule is [2H]c1c([2H])c([2H])c(-n2c3c([2H])c([2H])c([2H])c([2H])c3c3c([2H])c(-c4cc5c6c([2H])c([2H])c([2H])c([2H])c6n(-c6c([2H])c([2H])c7c8c([2H])c([2H])c([2H])c([2H])c8c8c([2H])c([2H])c([2H])c([2H])c8c7c6[2H])c5c([2H])c4[2H])c([2H])c([2H])c32)c([2H])c1[2H]. The molecule has 0 unspecified atom stereocenters. The fourth-order valence-corrected chi connectivity index (χ4v) is 6.43. The van der Waals surface area contributed by atoms with Gasteiger partial charge >= 0.3 is 0 Å². The van der Waals surface area contributed by atoms with Gasteiger partial charge in [0.25, 0.3) is 0 Å². The molecule has 9 aromatic carbocycles. The first-order valence-electron chi connectivity index (χ1n) is 29.4. The molecule has 0 aliphatic heterocycles. The Kier molecular flexibility index (Phi) is 2.39. The molecular weight excluding hydrogens is 605 g/mol. The van der Waals surface area contributed by atoms with Crippen molar-refractivity contribution >= 4 is 75.9 Å². The van der Waals surface area contributed by atoms with Gasteiger partial charge in [0, 0.05) is 32.9 Å². The van der Waals surface area contributed by atoms with Gasteiger partial charge in [0.1, 0.15) is 0 Å². The van der Waals surface area contributed by atoms with Crippen molar-refractivity contribution in [2.75, 3.05) is 0 Å². The maximum absolute atomic E-state index is 9.95. The fraction of sp³-hybridized carbons (Fsp3) is 0. The smallest absolute Gasteiger partial charge is 0.0652 e. The summed E-state index contributed by atoms with van der Waals surface area (Å²) in [6.45, 7) is 0. The van der Waals surface area contributed by atoms with Gasteiger partial charge < -0.3 is 9.13 Å². The summed E-state index contributed by atoms with van der Waals surface area (Å²) >= 11 is 0. The average Bonchev–Trinajstić information content (AvgIpc) is 2.91. The third-order valence-corrected chi connectivity index (χ3v) is 8.53. The normalized spacial score (nSPS) is 20.1. The van der Waals surface area contributed by atoms with Crippen molar-refractivity contribution in [1.29, 1.82) is 0 Å². The highest BCUT2D eigenvalue weighted by Gasteiger charge is 2.17. The number of hydrogen-bond acceptors (Lipinski definition) is 0. The lowest BCUT2D eigenvalue weighted by molar-refractivity contribution is 1.18. The molecule has 0 atom stereocenters. The first kappa shape index (κ1) is 11.5. The van der Waals surface area contributed by atoms with Gasteiger partial charge in [-0.1, -0.05) is 121 Å². The van der Waals surface area contributed by atoms with Gasteiger partial charge in [0.15, 0.2) is 0 Å². The highest BCUT2D eigenvalue weighted by Crippen LogP contribution is 2.40. The summed E-state index contributed by atoms with van der Waals surface area (Å²) in [5.41, 5.74) is -4.95. The molecule has 0 fully saturated rings. The van der Waals surface area contributed by atoms with Crippen molar-refractivity contribution in [1.82, 2.24) is 9.13 Å². The van der Waals surface area contributed by atoms with E-state index in [1.807, 2.05) is 0 Å². The van der Waals surface area contributed by atoms with Gasteiger partial charge in [-0.25, -0.2) is 0 Å². The Morgan fingerprint density at radius 1 is 0.280 bits per heavy atom. The summed E-state index contributed by atoms with van der Waals surface area (Å²) in [5.74, 6) is 0. The molecule has 0 radical (unpaired) electrons. The van der Waals surface area contributed by atoms with Gasteiger partial charge in [-0.3, -0.25) is 0 Å². The first-order chi connectivity index (χ1) is 36.9. The zero-order valence-corrected chi connectivity index (χ0v) is 25.0. The summed E-state index contributed by atoms with van der Waals surface area (Å²) in [6.07, 6.45) is 0. The molecule has 2 heterocycles. The van der Waals surface area contributed by atoms with Crippen LogP contribution in [-0.2, 0) is 0 Å². The van der Waals surface area contributed by atoms with Crippen molar-refractivity contribution in [3.05, 3.63) is 181 Å². The maximum Gasteiger partial charge on any atom is 0.0652 e. The second kappa shape index (κ2) is 10.4. The van der Waals surface area contributed by atoms with Crippen LogP contribution in [0.15, 0.2) is 181 Å². The molecule has 11 rings (SSSR count). The van der Waals surface area contributed by atoms with Crippen LogP contribution in [0.3, 0.4) is 0 Å². The van der Waals surface area contributed by atoms with E-state index < -0.39 is 268 Å². The van der Waals surface area contributed by atoms with Crippen molar-refractivity contribution in [2.45, 2.75) is 0 Å². The van der Waals surface area contributed by atoms with Crippen LogP contribution < -0.4 is 0 Å². The molecule has 2 heteroatoms. The average molecular weight is 664 g/mol. The van der Waals surface area contributed by atoms with Gasteiger partial charge in [-0.2, -0.15) is 0 Å². The van der Waals surface area contributed by atoms with E-state index in [0.717, 1.165) is 15.2 Å². The second-order valence-electron chi connectivity index (χ2n) is 11.1. The Labute approximate surface area is 329 Å². The summed E-state index contributed by atoms with van der Waals surface area (Å²) in [6, 6.07) is -23.9. The van der Waals surface area contributed by atoms with E-state index in [9.17, 15) is 13.7 Å². The predicted octanol–water partition coefficient (Wildman–Crippen LogP) is 13.0. The zero-order valence-electron chi connectivity index (χ0n) is 54.0. The molecule has 2 nitrogen and oxygen atoms in total. The number of para-hydroxylation sites is 3. The molecule has 11 aromatic rings. The zero-order chi connectivity index (χ0) is 58.0. The number of fused-ring (bicyclic) bond motifs is 12. The Balaban J connectivity index is 1.35. The Hall–Kier alpha value is -6.64. The largest absolute Gasteiger partial charge is 0.309 e. The second-order valence-corrected chi connectivity index (χ2v) is 11.1. The molecule has 50 heavy (non-hydrogen) atoms. The van der Waals surface area contributed by atoms with E-state index in [4.69, 9.17) is 26.0 Å². The van der Waals surface area contributed by atoms with E-state index in [-0.39, 0.29) is 5.39 Å². The van der Waals surface area contributed by atoms with Gasteiger partial charge in [0.05, 0.1) is 61.8 Å². The standard InChI is InChI=1S/C48H30N2/c1-2-12-33(13-3-1)49-45-20-10-8-18-40(45)43-28-31(22-26-47(43)49)32-23-27-48-44(29-32)41-19-9-11-21-46(41)50(48)34-24-25-39-37-16-5-4-14-35(37)36-15-6-7-17-38(36)42(39)30-34/h1-30H/i1D,2D,3D,4D,5D,6D,7D,8D,9D,10D,11D,12D,13D,14D,15D,16D,17D,18D,19D,20D,21D,22D,23D,24D,25D,26D,27D,28D,30D. The van der Waals surface area contributed by atoms with Crippen LogP contribution in [0.25, 0.3) is 98.4 Å². The summed E-state index contributed by atoms with van der Waals surface area (Å²) in [5, 5.41) is -4.93. The number of rotatable bonds is 3. The quantitative estimate of drug-likeness (QED) is 0.167. The van der Waals surface area contributed by atoms with E-state index in [1.165, 1.54) is 0 Å². The minimum absolute atomic E-state index is 0.378.